The smallest absolute Gasteiger partial charge is 0.0352 e. The molecular formula is C13H13. The zero-order chi connectivity index (χ0) is 9.84. The Kier molecular flexibility index (Phi) is 2.93. The topological polar surface area (TPSA) is 0 Å². The van der Waals surface area contributed by atoms with E-state index in [1.54, 1.807) is 6.08 Å². The Bertz CT molecular complexity index is 351. The van der Waals surface area contributed by atoms with Crippen LogP contribution in [0.3, 0.4) is 0 Å². The second-order valence-corrected chi connectivity index (χ2v) is 3.12. The van der Waals surface area contributed by atoms with E-state index in [1.807, 2.05) is 18.2 Å². The van der Waals surface area contributed by atoms with Gasteiger partial charge in [-0.1, -0.05) is 50.6 Å². The van der Waals surface area contributed by atoms with E-state index in [0.717, 1.165) is 16.7 Å². The molecule has 0 N–H and O–H groups in total. The maximum absolute atomic E-state index is 5.45. The van der Waals surface area contributed by atoms with Crippen LogP contribution < -0.4 is 0 Å². The minimum atomic E-state index is 0.942. The van der Waals surface area contributed by atoms with Crippen LogP contribution in [0.2, 0.25) is 0 Å². The fourth-order valence-electron chi connectivity index (χ4n) is 1.32. The van der Waals surface area contributed by atoms with Crippen LogP contribution in [-0.2, 0) is 0 Å². The molecule has 0 atom stereocenters. The Balaban J connectivity index is 3.37. The number of terminal acetylenes is 1. The molecule has 0 aliphatic rings. The third-order valence-electron chi connectivity index (χ3n) is 2.00. The summed E-state index contributed by atoms with van der Waals surface area (Å²) in [5.41, 5.74) is 3.11. The number of benzene rings is 1. The average molecular weight is 169 g/mol. The van der Waals surface area contributed by atoms with Crippen LogP contribution in [0.15, 0.2) is 24.8 Å². The van der Waals surface area contributed by atoms with Crippen molar-refractivity contribution in [1.29, 1.82) is 0 Å². The highest BCUT2D eigenvalue weighted by Gasteiger charge is 2.06. The summed E-state index contributed by atoms with van der Waals surface area (Å²) in [6.07, 6.45) is 7.25. The zero-order valence-corrected chi connectivity index (χ0v) is 8.09. The van der Waals surface area contributed by atoms with Crippen molar-refractivity contribution < 1.29 is 0 Å². The van der Waals surface area contributed by atoms with Crippen molar-refractivity contribution in [2.45, 2.75) is 13.8 Å². The lowest BCUT2D eigenvalue weighted by atomic mass is 9.94. The van der Waals surface area contributed by atoms with Gasteiger partial charge in [-0.25, -0.2) is 0 Å². The quantitative estimate of drug-likeness (QED) is 0.596. The SMILES string of the molecule is C#Cc1c(C=C)cccc1[C](C)C. The molecule has 1 aromatic carbocycles. The van der Waals surface area contributed by atoms with Gasteiger partial charge in [0.2, 0.25) is 0 Å². The lowest BCUT2D eigenvalue weighted by Gasteiger charge is -2.09. The summed E-state index contributed by atoms with van der Waals surface area (Å²) in [7, 11) is 0. The molecule has 0 amide bonds. The molecule has 0 heterocycles. The normalized spacial score (nSPS) is 9.69. The largest absolute Gasteiger partial charge is 0.115 e. The summed E-state index contributed by atoms with van der Waals surface area (Å²) >= 11 is 0. The Hall–Kier alpha value is -1.48. The highest BCUT2D eigenvalue weighted by atomic mass is 14.1. The standard InChI is InChI=1S/C13H13/c1-5-11-8-7-9-13(10(3)4)12(11)6-2/h2,5,7-9H,1H2,3-4H3. The van der Waals surface area contributed by atoms with E-state index in [1.165, 1.54) is 5.92 Å². The Labute approximate surface area is 80.3 Å². The van der Waals surface area contributed by atoms with Crippen LogP contribution in [0.1, 0.15) is 30.5 Å². The van der Waals surface area contributed by atoms with Crippen molar-refractivity contribution >= 4 is 6.08 Å². The van der Waals surface area contributed by atoms with Crippen LogP contribution in [-0.4, -0.2) is 0 Å². The molecule has 0 bridgehead atoms. The van der Waals surface area contributed by atoms with E-state index in [9.17, 15) is 0 Å². The van der Waals surface area contributed by atoms with Gasteiger partial charge in [0, 0.05) is 11.5 Å². The lowest BCUT2D eigenvalue weighted by molar-refractivity contribution is 1.14. The molecule has 0 saturated heterocycles. The van der Waals surface area contributed by atoms with Crippen LogP contribution in [0, 0.1) is 18.3 Å². The van der Waals surface area contributed by atoms with Crippen LogP contribution >= 0.6 is 0 Å². The first-order valence-corrected chi connectivity index (χ1v) is 4.23. The summed E-state index contributed by atoms with van der Waals surface area (Å²) in [5.74, 6) is 3.94. The molecule has 65 valence electrons. The van der Waals surface area contributed by atoms with E-state index in [4.69, 9.17) is 6.42 Å². The van der Waals surface area contributed by atoms with Crippen LogP contribution in [0.25, 0.3) is 6.08 Å². The molecule has 0 unspecified atom stereocenters. The first-order valence-electron chi connectivity index (χ1n) is 4.23. The van der Waals surface area contributed by atoms with E-state index in [-0.39, 0.29) is 0 Å². The molecule has 0 aromatic heterocycles. The van der Waals surface area contributed by atoms with Gasteiger partial charge in [-0.15, -0.1) is 6.42 Å². The first kappa shape index (κ1) is 9.61. The zero-order valence-electron chi connectivity index (χ0n) is 8.09. The fraction of sp³-hybridized carbons (Fsp3) is 0.154. The van der Waals surface area contributed by atoms with Crippen LogP contribution in [0.5, 0.6) is 0 Å². The van der Waals surface area contributed by atoms with E-state index < -0.39 is 0 Å². The maximum Gasteiger partial charge on any atom is 0.0352 e. The van der Waals surface area contributed by atoms with Crippen molar-refractivity contribution in [3.05, 3.63) is 47.4 Å². The van der Waals surface area contributed by atoms with Gasteiger partial charge in [0.1, 0.15) is 0 Å². The summed E-state index contributed by atoms with van der Waals surface area (Å²) in [6.45, 7) is 7.85. The third-order valence-corrected chi connectivity index (χ3v) is 2.00. The van der Waals surface area contributed by atoms with Gasteiger partial charge in [-0.05, 0) is 11.1 Å². The summed E-state index contributed by atoms with van der Waals surface area (Å²) in [5, 5.41) is 0. The first-order chi connectivity index (χ1) is 6.20. The molecular weight excluding hydrogens is 156 g/mol. The molecule has 0 spiro atoms. The third kappa shape index (κ3) is 1.81. The number of hydrogen-bond donors (Lipinski definition) is 0. The van der Waals surface area contributed by atoms with Crippen molar-refractivity contribution in [2.75, 3.05) is 0 Å². The second-order valence-electron chi connectivity index (χ2n) is 3.12. The van der Waals surface area contributed by atoms with E-state index in [0.29, 0.717) is 0 Å². The van der Waals surface area contributed by atoms with E-state index in [2.05, 4.69) is 26.3 Å². The highest BCUT2D eigenvalue weighted by Crippen LogP contribution is 2.21. The van der Waals surface area contributed by atoms with Crippen molar-refractivity contribution in [1.82, 2.24) is 0 Å². The van der Waals surface area contributed by atoms with Gasteiger partial charge in [-0.2, -0.15) is 0 Å². The minimum absolute atomic E-state index is 0.942. The average Bonchev–Trinajstić information content (AvgIpc) is 2.16. The molecule has 0 saturated carbocycles. The second kappa shape index (κ2) is 3.96. The number of hydrogen-bond acceptors (Lipinski definition) is 0. The molecule has 0 nitrogen and oxygen atoms in total. The maximum atomic E-state index is 5.45. The molecule has 0 aliphatic heterocycles. The highest BCUT2D eigenvalue weighted by molar-refractivity contribution is 5.62. The Morgan fingerprint density at radius 3 is 2.62 bits per heavy atom. The Morgan fingerprint density at radius 2 is 2.15 bits per heavy atom. The summed E-state index contributed by atoms with van der Waals surface area (Å²) < 4.78 is 0. The lowest BCUT2D eigenvalue weighted by Crippen LogP contribution is -1.95. The van der Waals surface area contributed by atoms with Gasteiger partial charge in [0.05, 0.1) is 0 Å². The number of rotatable bonds is 2. The molecule has 1 radical (unpaired) electrons. The monoisotopic (exact) mass is 169 g/mol. The van der Waals surface area contributed by atoms with Crippen molar-refractivity contribution in [3.63, 3.8) is 0 Å². The van der Waals surface area contributed by atoms with E-state index >= 15 is 0 Å². The molecule has 0 aliphatic carbocycles. The van der Waals surface area contributed by atoms with Crippen molar-refractivity contribution in [2.24, 2.45) is 0 Å². The molecule has 0 heteroatoms. The molecule has 1 aromatic rings. The summed E-state index contributed by atoms with van der Waals surface area (Å²) in [4.78, 5) is 0. The van der Waals surface area contributed by atoms with Crippen molar-refractivity contribution in [3.8, 4) is 12.3 Å². The van der Waals surface area contributed by atoms with Gasteiger partial charge in [0.25, 0.3) is 0 Å². The van der Waals surface area contributed by atoms with Gasteiger partial charge >= 0.3 is 0 Å². The van der Waals surface area contributed by atoms with Crippen LogP contribution in [0.4, 0.5) is 0 Å². The minimum Gasteiger partial charge on any atom is -0.115 e. The predicted molar refractivity (Wildman–Crippen MR) is 58.2 cm³/mol. The predicted octanol–water partition coefficient (Wildman–Crippen LogP) is 3.27. The fourth-order valence-corrected chi connectivity index (χ4v) is 1.32. The Morgan fingerprint density at radius 1 is 1.46 bits per heavy atom. The summed E-state index contributed by atoms with van der Waals surface area (Å²) in [6, 6.07) is 6.02. The van der Waals surface area contributed by atoms with Gasteiger partial charge in [-0.3, -0.25) is 0 Å². The molecule has 1 rings (SSSR count). The molecule has 13 heavy (non-hydrogen) atoms. The van der Waals surface area contributed by atoms with Gasteiger partial charge < -0.3 is 0 Å². The van der Waals surface area contributed by atoms with Gasteiger partial charge in [0.15, 0.2) is 0 Å². The molecule has 0 fully saturated rings.